The van der Waals surface area contributed by atoms with Gasteiger partial charge < -0.3 is 14.4 Å². The van der Waals surface area contributed by atoms with E-state index in [9.17, 15) is 4.79 Å². The normalized spacial score (nSPS) is 11.2. The molecule has 0 unspecified atom stereocenters. The molecule has 0 saturated carbocycles. The highest BCUT2D eigenvalue weighted by Crippen LogP contribution is 2.34. The third-order valence-corrected chi connectivity index (χ3v) is 6.48. The molecule has 0 bridgehead atoms. The summed E-state index contributed by atoms with van der Waals surface area (Å²) in [6, 6.07) is 10.7. The number of thiazole rings is 1. The number of likely N-dealkylation sites (N-methyl/N-ethyl adjacent to an activating group) is 1. The molecule has 1 aromatic heterocycles. The summed E-state index contributed by atoms with van der Waals surface area (Å²) < 4.78 is 12.1. The number of carbonyl (C=O) groups excluding carboxylic acids is 1. The number of aromatic nitrogens is 1. The number of hydrogen-bond donors (Lipinski definition) is 0. The Morgan fingerprint density at radius 3 is 2.55 bits per heavy atom. The standard InChI is InChI=1S/C22H25Cl2N3O3S/c1-4-26(5-2)11-12-27(20(28)14-30-17-10-9-15(23)13-16(17)24)22-25-21-18(29-3)7-6-8-19(21)31-22/h6-10,13H,4-5,11-12,14H2,1-3H3. The largest absolute Gasteiger partial charge is 0.494 e. The highest BCUT2D eigenvalue weighted by Gasteiger charge is 2.22. The number of rotatable bonds is 10. The van der Waals surface area contributed by atoms with Gasteiger partial charge in [-0.25, -0.2) is 4.98 Å². The van der Waals surface area contributed by atoms with Gasteiger partial charge in [-0.2, -0.15) is 0 Å². The van der Waals surface area contributed by atoms with Crippen LogP contribution < -0.4 is 14.4 Å². The third kappa shape index (κ3) is 5.80. The Morgan fingerprint density at radius 1 is 1.10 bits per heavy atom. The first-order chi connectivity index (χ1) is 15.0. The van der Waals surface area contributed by atoms with Gasteiger partial charge in [-0.1, -0.05) is 54.5 Å². The first-order valence-electron chi connectivity index (χ1n) is 10.0. The van der Waals surface area contributed by atoms with E-state index in [4.69, 9.17) is 37.7 Å². The Hall–Kier alpha value is -2.06. The van der Waals surface area contributed by atoms with Crippen molar-refractivity contribution in [3.8, 4) is 11.5 Å². The Labute approximate surface area is 196 Å². The van der Waals surface area contributed by atoms with Crippen LogP contribution in [0.1, 0.15) is 13.8 Å². The van der Waals surface area contributed by atoms with Crippen LogP contribution in [0.15, 0.2) is 36.4 Å². The molecule has 1 heterocycles. The topological polar surface area (TPSA) is 54.9 Å². The van der Waals surface area contributed by atoms with Crippen LogP contribution in [0, 0.1) is 0 Å². The number of anilines is 1. The number of methoxy groups -OCH3 is 1. The second kappa shape index (κ2) is 11.0. The quantitative estimate of drug-likeness (QED) is 0.389. The molecule has 0 aliphatic rings. The predicted molar refractivity (Wildman–Crippen MR) is 128 cm³/mol. The number of nitrogens with zero attached hydrogens (tertiary/aromatic N) is 3. The summed E-state index contributed by atoms with van der Waals surface area (Å²) in [4.78, 5) is 21.8. The fraction of sp³-hybridized carbons (Fsp3) is 0.364. The van der Waals surface area contributed by atoms with Gasteiger partial charge in [0.1, 0.15) is 17.0 Å². The van der Waals surface area contributed by atoms with Crippen molar-refractivity contribution < 1.29 is 14.3 Å². The van der Waals surface area contributed by atoms with Crippen LogP contribution in [0.2, 0.25) is 10.0 Å². The minimum Gasteiger partial charge on any atom is -0.494 e. The maximum atomic E-state index is 13.2. The van der Waals surface area contributed by atoms with E-state index in [0.717, 1.165) is 29.9 Å². The molecule has 166 valence electrons. The molecule has 0 aliphatic carbocycles. The van der Waals surface area contributed by atoms with Gasteiger partial charge in [0, 0.05) is 18.1 Å². The van der Waals surface area contributed by atoms with E-state index in [-0.39, 0.29) is 12.5 Å². The molecule has 3 rings (SSSR count). The molecule has 0 radical (unpaired) electrons. The SMILES string of the molecule is CCN(CC)CCN(C(=O)COc1ccc(Cl)cc1Cl)c1nc2c(OC)cccc2s1. The van der Waals surface area contributed by atoms with Gasteiger partial charge in [-0.15, -0.1) is 0 Å². The van der Waals surface area contributed by atoms with Crippen LogP contribution >= 0.6 is 34.5 Å². The number of para-hydroxylation sites is 1. The fourth-order valence-electron chi connectivity index (χ4n) is 3.11. The molecule has 0 spiro atoms. The van der Waals surface area contributed by atoms with Crippen molar-refractivity contribution in [3.05, 3.63) is 46.4 Å². The lowest BCUT2D eigenvalue weighted by molar-refractivity contribution is -0.120. The maximum Gasteiger partial charge on any atom is 0.266 e. The molecule has 0 saturated heterocycles. The number of carbonyl (C=O) groups is 1. The molecule has 2 aromatic carbocycles. The maximum absolute atomic E-state index is 13.2. The van der Waals surface area contributed by atoms with E-state index in [1.807, 2.05) is 18.2 Å². The van der Waals surface area contributed by atoms with Gasteiger partial charge in [0.2, 0.25) is 0 Å². The minimum atomic E-state index is -0.198. The Bertz CT molecular complexity index is 1040. The first kappa shape index (κ1) is 23.6. The Morgan fingerprint density at radius 2 is 1.87 bits per heavy atom. The highest BCUT2D eigenvalue weighted by molar-refractivity contribution is 7.22. The van der Waals surface area contributed by atoms with E-state index < -0.39 is 0 Å². The molecule has 0 fully saturated rings. The lowest BCUT2D eigenvalue weighted by Gasteiger charge is -2.24. The van der Waals surface area contributed by atoms with Crippen molar-refractivity contribution >= 4 is 55.8 Å². The van der Waals surface area contributed by atoms with E-state index >= 15 is 0 Å². The number of amides is 1. The molecule has 0 N–H and O–H groups in total. The monoisotopic (exact) mass is 481 g/mol. The van der Waals surface area contributed by atoms with Crippen molar-refractivity contribution in [1.29, 1.82) is 0 Å². The lowest BCUT2D eigenvalue weighted by atomic mass is 10.3. The van der Waals surface area contributed by atoms with Crippen molar-refractivity contribution in [1.82, 2.24) is 9.88 Å². The summed E-state index contributed by atoms with van der Waals surface area (Å²) in [5, 5.41) is 1.48. The smallest absolute Gasteiger partial charge is 0.266 e. The van der Waals surface area contributed by atoms with E-state index in [2.05, 4.69) is 18.7 Å². The molecule has 31 heavy (non-hydrogen) atoms. The number of benzene rings is 2. The summed E-state index contributed by atoms with van der Waals surface area (Å²) in [6.07, 6.45) is 0. The third-order valence-electron chi connectivity index (χ3n) is 4.90. The van der Waals surface area contributed by atoms with Crippen LogP contribution in [0.4, 0.5) is 5.13 Å². The van der Waals surface area contributed by atoms with Crippen molar-refractivity contribution in [2.24, 2.45) is 0 Å². The summed E-state index contributed by atoms with van der Waals surface area (Å²) in [5.41, 5.74) is 0.743. The lowest BCUT2D eigenvalue weighted by Crippen LogP contribution is -2.41. The molecule has 0 aliphatic heterocycles. The summed E-state index contributed by atoms with van der Waals surface area (Å²) in [6.45, 7) is 7.08. The van der Waals surface area contributed by atoms with Crippen LogP contribution in [0.25, 0.3) is 10.2 Å². The van der Waals surface area contributed by atoms with Gasteiger partial charge in [-0.3, -0.25) is 9.69 Å². The van der Waals surface area contributed by atoms with Crippen molar-refractivity contribution in [2.75, 3.05) is 44.8 Å². The predicted octanol–water partition coefficient (Wildman–Crippen LogP) is 5.37. The average Bonchev–Trinajstić information content (AvgIpc) is 3.20. The summed E-state index contributed by atoms with van der Waals surface area (Å²) in [5.74, 6) is 0.894. The van der Waals surface area contributed by atoms with Gasteiger partial charge in [0.05, 0.1) is 16.8 Å². The molecular weight excluding hydrogens is 457 g/mol. The van der Waals surface area contributed by atoms with Gasteiger partial charge in [0.25, 0.3) is 5.91 Å². The molecule has 1 amide bonds. The molecular formula is C22H25Cl2N3O3S. The number of halogens is 2. The summed E-state index contributed by atoms with van der Waals surface area (Å²) >= 11 is 13.6. The first-order valence-corrected chi connectivity index (χ1v) is 11.6. The second-order valence-electron chi connectivity index (χ2n) is 6.74. The zero-order valence-electron chi connectivity index (χ0n) is 17.7. The molecule has 0 atom stereocenters. The van der Waals surface area contributed by atoms with Crippen LogP contribution in [-0.4, -0.2) is 55.7 Å². The zero-order chi connectivity index (χ0) is 22.4. The van der Waals surface area contributed by atoms with Crippen LogP contribution in [-0.2, 0) is 4.79 Å². The van der Waals surface area contributed by atoms with E-state index in [1.54, 1.807) is 30.2 Å². The van der Waals surface area contributed by atoms with Crippen molar-refractivity contribution in [3.63, 3.8) is 0 Å². The highest BCUT2D eigenvalue weighted by atomic mass is 35.5. The molecule has 3 aromatic rings. The fourth-order valence-corrected chi connectivity index (χ4v) is 4.60. The van der Waals surface area contributed by atoms with Crippen LogP contribution in [0.3, 0.4) is 0 Å². The van der Waals surface area contributed by atoms with Crippen molar-refractivity contribution in [2.45, 2.75) is 13.8 Å². The minimum absolute atomic E-state index is 0.160. The average molecular weight is 482 g/mol. The molecule has 9 heteroatoms. The van der Waals surface area contributed by atoms with Gasteiger partial charge in [0.15, 0.2) is 11.7 Å². The van der Waals surface area contributed by atoms with E-state index in [0.29, 0.717) is 33.2 Å². The number of ether oxygens (including phenoxy) is 2. The van der Waals surface area contributed by atoms with Crippen LogP contribution in [0.5, 0.6) is 11.5 Å². The second-order valence-corrected chi connectivity index (χ2v) is 8.59. The van der Waals surface area contributed by atoms with E-state index in [1.165, 1.54) is 11.3 Å². The number of fused-ring (bicyclic) bond motifs is 1. The Kier molecular flexibility index (Phi) is 8.37. The zero-order valence-corrected chi connectivity index (χ0v) is 20.1. The van der Waals surface area contributed by atoms with Gasteiger partial charge >= 0.3 is 0 Å². The molecule has 6 nitrogen and oxygen atoms in total. The van der Waals surface area contributed by atoms with Gasteiger partial charge in [-0.05, 0) is 43.4 Å². The Balaban J connectivity index is 1.84. The summed E-state index contributed by atoms with van der Waals surface area (Å²) in [7, 11) is 1.61. The number of hydrogen-bond acceptors (Lipinski definition) is 6.